The molecule has 0 aliphatic carbocycles. The molecule has 0 aromatic carbocycles. The number of primary amides is 1. The van der Waals surface area contributed by atoms with E-state index in [1.807, 2.05) is 0 Å². The lowest BCUT2D eigenvalue weighted by Crippen LogP contribution is -2.33. The zero-order valence-corrected chi connectivity index (χ0v) is 5.26. The maximum Gasteiger partial charge on any atom is 0.219 e. The van der Waals surface area contributed by atoms with Crippen molar-refractivity contribution in [2.75, 3.05) is 0 Å². The van der Waals surface area contributed by atoms with Crippen molar-refractivity contribution in [3.05, 3.63) is 0 Å². The summed E-state index contributed by atoms with van der Waals surface area (Å²) in [5.74, 6) is -0.758. The number of amides is 1. The van der Waals surface area contributed by atoms with E-state index in [-0.39, 0.29) is 12.2 Å². The molecule has 0 radical (unpaired) electrons. The standard InChI is InChI=1S/C5H10N2O2/c1-3(8)4(6)2-5(7)9/h4H,2,6H2,1H3,(H2,7,9). The van der Waals surface area contributed by atoms with Crippen LogP contribution in [-0.4, -0.2) is 17.7 Å². The number of hydrogen-bond donors (Lipinski definition) is 2. The Labute approximate surface area is 53.2 Å². The van der Waals surface area contributed by atoms with Crippen LogP contribution in [0.5, 0.6) is 0 Å². The molecule has 52 valence electrons. The molecule has 0 heterocycles. The molecule has 9 heavy (non-hydrogen) atoms. The second kappa shape index (κ2) is 3.19. The molecule has 0 rings (SSSR count). The first kappa shape index (κ1) is 8.10. The maximum absolute atomic E-state index is 10.3. The number of carbonyl (C=O) groups excluding carboxylic acids is 2. The van der Waals surface area contributed by atoms with E-state index in [9.17, 15) is 9.59 Å². The SMILES string of the molecule is CC(=O)C(N)CC(N)=O. The lowest BCUT2D eigenvalue weighted by molar-refractivity contribution is -0.123. The van der Waals surface area contributed by atoms with Gasteiger partial charge in [-0.05, 0) is 6.92 Å². The Morgan fingerprint density at radius 1 is 1.56 bits per heavy atom. The molecule has 1 amide bonds. The number of nitrogens with two attached hydrogens (primary N) is 2. The molecule has 1 atom stereocenters. The van der Waals surface area contributed by atoms with Crippen LogP contribution in [0.4, 0.5) is 0 Å². The summed E-state index contributed by atoms with van der Waals surface area (Å²) in [5.41, 5.74) is 9.93. The molecule has 4 nitrogen and oxygen atoms in total. The predicted octanol–water partition coefficient (Wildman–Crippen LogP) is -1.22. The normalized spacial score (nSPS) is 12.7. The maximum atomic E-state index is 10.3. The van der Waals surface area contributed by atoms with E-state index in [0.717, 1.165) is 0 Å². The lowest BCUT2D eigenvalue weighted by Gasteiger charge is -2.01. The summed E-state index contributed by atoms with van der Waals surface area (Å²) in [7, 11) is 0. The molecule has 4 N–H and O–H groups in total. The molecule has 0 aromatic rings. The molecule has 0 saturated carbocycles. The average Bonchev–Trinajstić information content (AvgIpc) is 1.63. The number of hydrogen-bond acceptors (Lipinski definition) is 3. The monoisotopic (exact) mass is 130 g/mol. The van der Waals surface area contributed by atoms with Crippen LogP contribution >= 0.6 is 0 Å². The Balaban J connectivity index is 3.63. The van der Waals surface area contributed by atoms with E-state index in [2.05, 4.69) is 0 Å². The third-order valence-electron chi connectivity index (χ3n) is 0.943. The van der Waals surface area contributed by atoms with Gasteiger partial charge in [-0.15, -0.1) is 0 Å². The van der Waals surface area contributed by atoms with Gasteiger partial charge in [-0.25, -0.2) is 0 Å². The smallest absolute Gasteiger partial charge is 0.219 e. The molecule has 0 aromatic heterocycles. The van der Waals surface area contributed by atoms with Crippen molar-refractivity contribution in [2.45, 2.75) is 19.4 Å². The fourth-order valence-electron chi connectivity index (χ4n) is 0.360. The van der Waals surface area contributed by atoms with Gasteiger partial charge in [0.05, 0.1) is 6.04 Å². The average molecular weight is 130 g/mol. The van der Waals surface area contributed by atoms with E-state index >= 15 is 0 Å². The van der Waals surface area contributed by atoms with Gasteiger partial charge in [-0.1, -0.05) is 0 Å². The van der Waals surface area contributed by atoms with Crippen LogP contribution in [0.25, 0.3) is 0 Å². The highest BCUT2D eigenvalue weighted by atomic mass is 16.1. The van der Waals surface area contributed by atoms with E-state index < -0.39 is 11.9 Å². The van der Waals surface area contributed by atoms with Crippen LogP contribution in [0.2, 0.25) is 0 Å². The molecule has 0 aliphatic heterocycles. The number of ketones is 1. The van der Waals surface area contributed by atoms with E-state index in [0.29, 0.717) is 0 Å². The van der Waals surface area contributed by atoms with Crippen molar-refractivity contribution in [2.24, 2.45) is 11.5 Å². The second-order valence-electron chi connectivity index (χ2n) is 1.89. The summed E-state index contributed by atoms with van der Waals surface area (Å²) in [6.07, 6.45) is -0.0602. The van der Waals surface area contributed by atoms with Crippen molar-refractivity contribution < 1.29 is 9.59 Å². The Morgan fingerprint density at radius 3 is 2.11 bits per heavy atom. The number of Topliss-reactive ketones (excluding diaryl/α,β-unsaturated/α-hetero) is 1. The van der Waals surface area contributed by atoms with Crippen molar-refractivity contribution in [3.8, 4) is 0 Å². The van der Waals surface area contributed by atoms with Crippen LogP contribution in [0.3, 0.4) is 0 Å². The van der Waals surface area contributed by atoms with Crippen molar-refractivity contribution in [1.29, 1.82) is 0 Å². The summed E-state index contributed by atoms with van der Waals surface area (Å²) < 4.78 is 0. The molecular formula is C5H10N2O2. The summed E-state index contributed by atoms with van der Waals surface area (Å²) in [5, 5.41) is 0. The van der Waals surface area contributed by atoms with E-state index in [1.165, 1.54) is 6.92 Å². The topological polar surface area (TPSA) is 86.2 Å². The molecule has 4 heteroatoms. The minimum Gasteiger partial charge on any atom is -0.370 e. The van der Waals surface area contributed by atoms with Crippen molar-refractivity contribution >= 4 is 11.7 Å². The Hall–Kier alpha value is -0.900. The van der Waals surface area contributed by atoms with Crippen LogP contribution in [0, 0.1) is 0 Å². The first-order valence-corrected chi connectivity index (χ1v) is 2.58. The van der Waals surface area contributed by atoms with Crippen molar-refractivity contribution in [3.63, 3.8) is 0 Å². The molecule has 0 spiro atoms. The van der Waals surface area contributed by atoms with Crippen molar-refractivity contribution in [1.82, 2.24) is 0 Å². The minimum atomic E-state index is -0.720. The highest BCUT2D eigenvalue weighted by molar-refractivity contribution is 5.87. The summed E-state index contributed by atoms with van der Waals surface area (Å²) in [6.45, 7) is 1.33. The first-order chi connectivity index (χ1) is 4.04. The Kier molecular flexibility index (Phi) is 2.87. The van der Waals surface area contributed by atoms with Gasteiger partial charge in [0.25, 0.3) is 0 Å². The van der Waals surface area contributed by atoms with Gasteiger partial charge < -0.3 is 11.5 Å². The summed E-state index contributed by atoms with van der Waals surface area (Å²) in [4.78, 5) is 20.5. The fourth-order valence-corrected chi connectivity index (χ4v) is 0.360. The minimum absolute atomic E-state index is 0.0602. The molecule has 0 fully saturated rings. The van der Waals surface area contributed by atoms with Gasteiger partial charge in [0, 0.05) is 6.42 Å². The van der Waals surface area contributed by atoms with Gasteiger partial charge in [-0.2, -0.15) is 0 Å². The molecule has 1 unspecified atom stereocenters. The first-order valence-electron chi connectivity index (χ1n) is 2.58. The van der Waals surface area contributed by atoms with E-state index in [4.69, 9.17) is 11.5 Å². The van der Waals surface area contributed by atoms with Gasteiger partial charge in [0.1, 0.15) is 5.78 Å². The number of carbonyl (C=O) groups is 2. The summed E-state index contributed by atoms with van der Waals surface area (Å²) >= 11 is 0. The Bertz CT molecular complexity index is 133. The Morgan fingerprint density at radius 2 is 2.00 bits per heavy atom. The predicted molar refractivity (Wildman–Crippen MR) is 32.5 cm³/mol. The molecule has 0 saturated heterocycles. The third-order valence-corrected chi connectivity index (χ3v) is 0.943. The second-order valence-corrected chi connectivity index (χ2v) is 1.89. The van der Waals surface area contributed by atoms with Gasteiger partial charge in [0.15, 0.2) is 0 Å². The van der Waals surface area contributed by atoms with E-state index in [1.54, 1.807) is 0 Å². The largest absolute Gasteiger partial charge is 0.370 e. The highest BCUT2D eigenvalue weighted by Crippen LogP contribution is 1.86. The highest BCUT2D eigenvalue weighted by Gasteiger charge is 2.09. The number of rotatable bonds is 3. The van der Waals surface area contributed by atoms with Gasteiger partial charge in [0.2, 0.25) is 5.91 Å². The van der Waals surface area contributed by atoms with Gasteiger partial charge in [-0.3, -0.25) is 9.59 Å². The lowest BCUT2D eigenvalue weighted by atomic mass is 10.1. The molecular weight excluding hydrogens is 120 g/mol. The summed E-state index contributed by atoms with van der Waals surface area (Å²) in [6, 6.07) is -0.720. The zero-order valence-electron chi connectivity index (χ0n) is 5.26. The molecule has 0 bridgehead atoms. The van der Waals surface area contributed by atoms with Crippen LogP contribution in [0.15, 0.2) is 0 Å². The van der Waals surface area contributed by atoms with Gasteiger partial charge >= 0.3 is 0 Å². The van der Waals surface area contributed by atoms with Crippen LogP contribution in [0.1, 0.15) is 13.3 Å². The molecule has 0 aliphatic rings. The fraction of sp³-hybridized carbons (Fsp3) is 0.600. The third kappa shape index (κ3) is 3.66. The zero-order chi connectivity index (χ0) is 7.44. The quantitative estimate of drug-likeness (QED) is 0.502. The van der Waals surface area contributed by atoms with Crippen LogP contribution in [-0.2, 0) is 9.59 Å². The van der Waals surface area contributed by atoms with Crippen LogP contribution < -0.4 is 11.5 Å².